The SMILES string of the molecule is O=S(=O)(Nc1ccc2[nH]nc(-c3nc4ccc(N5CCC(N6CCCCC6)CC5)cc4[nH]3)c2c1)C(F)(F)F. The van der Waals surface area contributed by atoms with Crippen molar-refractivity contribution in [3.63, 3.8) is 0 Å². The van der Waals surface area contributed by atoms with E-state index in [9.17, 15) is 21.6 Å². The molecule has 0 saturated carbocycles. The highest BCUT2D eigenvalue weighted by atomic mass is 32.2. The number of sulfonamides is 1. The summed E-state index contributed by atoms with van der Waals surface area (Å²) in [6, 6.07) is 10.7. The minimum Gasteiger partial charge on any atom is -0.371 e. The summed E-state index contributed by atoms with van der Waals surface area (Å²) in [7, 11) is -5.54. The number of hydrogen-bond donors (Lipinski definition) is 3. The van der Waals surface area contributed by atoms with Crippen LogP contribution in [0.1, 0.15) is 32.1 Å². The number of alkyl halides is 3. The maximum atomic E-state index is 12.8. The van der Waals surface area contributed by atoms with Gasteiger partial charge in [-0.1, -0.05) is 6.42 Å². The number of benzene rings is 2. The first-order valence-corrected chi connectivity index (χ1v) is 14.2. The van der Waals surface area contributed by atoms with Gasteiger partial charge in [-0.25, -0.2) is 4.98 Å². The van der Waals surface area contributed by atoms with Crippen molar-refractivity contribution in [1.29, 1.82) is 0 Å². The van der Waals surface area contributed by atoms with Gasteiger partial charge in [-0.05, 0) is 75.2 Å². The molecule has 3 N–H and O–H groups in total. The Labute approximate surface area is 217 Å². The van der Waals surface area contributed by atoms with Crippen LogP contribution >= 0.6 is 0 Å². The highest BCUT2D eigenvalue weighted by molar-refractivity contribution is 7.93. The Kier molecular flexibility index (Phi) is 6.22. The molecule has 38 heavy (non-hydrogen) atoms. The summed E-state index contributed by atoms with van der Waals surface area (Å²) in [6.07, 6.45) is 6.23. The topological polar surface area (TPSA) is 110 Å². The van der Waals surface area contributed by atoms with Crippen molar-refractivity contribution in [2.24, 2.45) is 0 Å². The molecule has 0 aliphatic carbocycles. The zero-order valence-electron chi connectivity index (χ0n) is 20.6. The number of nitrogens with zero attached hydrogens (tertiary/aromatic N) is 4. The number of anilines is 2. The molecule has 2 aromatic heterocycles. The van der Waals surface area contributed by atoms with Crippen LogP contribution < -0.4 is 9.62 Å². The van der Waals surface area contributed by atoms with E-state index in [0.29, 0.717) is 28.5 Å². The average Bonchev–Trinajstić information content (AvgIpc) is 3.51. The Balaban J connectivity index is 1.23. The largest absolute Gasteiger partial charge is 0.516 e. The van der Waals surface area contributed by atoms with Gasteiger partial charge in [0.2, 0.25) is 0 Å². The van der Waals surface area contributed by atoms with Crippen LogP contribution in [0.3, 0.4) is 0 Å². The van der Waals surface area contributed by atoms with E-state index < -0.39 is 15.5 Å². The Bertz CT molecular complexity index is 1570. The number of piperidine rings is 2. The molecule has 2 aliphatic heterocycles. The number of imidazole rings is 1. The molecule has 0 bridgehead atoms. The zero-order chi connectivity index (χ0) is 26.5. The average molecular weight is 548 g/mol. The summed E-state index contributed by atoms with van der Waals surface area (Å²) < 4.78 is 63.1. The van der Waals surface area contributed by atoms with Crippen molar-refractivity contribution in [1.82, 2.24) is 25.1 Å². The molecule has 4 aromatic rings. The van der Waals surface area contributed by atoms with Gasteiger partial charge in [0, 0.05) is 35.9 Å². The Morgan fingerprint density at radius 2 is 1.71 bits per heavy atom. The zero-order valence-corrected chi connectivity index (χ0v) is 21.4. The van der Waals surface area contributed by atoms with Gasteiger partial charge in [-0.3, -0.25) is 9.82 Å². The molecule has 0 amide bonds. The fourth-order valence-corrected chi connectivity index (χ4v) is 6.10. The second kappa shape index (κ2) is 9.45. The van der Waals surface area contributed by atoms with Crippen LogP contribution in [0.25, 0.3) is 33.5 Å². The van der Waals surface area contributed by atoms with Crippen LogP contribution in [0.15, 0.2) is 36.4 Å². The van der Waals surface area contributed by atoms with Gasteiger partial charge in [-0.2, -0.15) is 26.7 Å². The van der Waals surface area contributed by atoms with Gasteiger partial charge in [0.1, 0.15) is 5.69 Å². The molecule has 4 heterocycles. The van der Waals surface area contributed by atoms with Gasteiger partial charge in [0.15, 0.2) is 5.82 Å². The van der Waals surface area contributed by atoms with Gasteiger partial charge in [0.05, 0.1) is 16.6 Å². The van der Waals surface area contributed by atoms with Crippen molar-refractivity contribution in [3.05, 3.63) is 36.4 Å². The molecule has 6 rings (SSSR count). The number of aromatic amines is 2. The van der Waals surface area contributed by atoms with Gasteiger partial charge in [-0.15, -0.1) is 0 Å². The third kappa shape index (κ3) is 4.68. The lowest BCUT2D eigenvalue weighted by atomic mass is 9.99. The minimum absolute atomic E-state index is 0.219. The lowest BCUT2D eigenvalue weighted by molar-refractivity contribution is -0.0429. The standard InChI is InChI=1S/C25H28F3N7O2S/c26-25(27,28)38(36,37)33-16-4-6-20-19(14-16)23(32-31-20)24-29-21-7-5-18(15-22(21)30-24)35-12-8-17(9-13-35)34-10-2-1-3-11-34/h4-7,14-15,17,33H,1-3,8-13H2,(H,29,30)(H,31,32). The predicted octanol–water partition coefficient (Wildman–Crippen LogP) is 4.82. The quantitative estimate of drug-likeness (QED) is 0.331. The molecule has 13 heteroatoms. The molecular formula is C25H28F3N7O2S. The number of nitrogens with one attached hydrogen (secondary N) is 3. The number of halogens is 3. The maximum Gasteiger partial charge on any atom is 0.516 e. The van der Waals surface area contributed by atoms with E-state index in [4.69, 9.17) is 0 Å². The Hall–Kier alpha value is -3.32. The lowest BCUT2D eigenvalue weighted by Crippen LogP contribution is -2.46. The van der Waals surface area contributed by atoms with Crippen LogP contribution in [-0.4, -0.2) is 71.2 Å². The Morgan fingerprint density at radius 1 is 0.947 bits per heavy atom. The van der Waals surface area contributed by atoms with E-state index in [-0.39, 0.29) is 5.69 Å². The number of rotatable bonds is 5. The monoisotopic (exact) mass is 547 g/mol. The normalized spacial score (nSPS) is 18.4. The predicted molar refractivity (Wildman–Crippen MR) is 140 cm³/mol. The highest BCUT2D eigenvalue weighted by Gasteiger charge is 2.46. The molecule has 202 valence electrons. The number of hydrogen-bond acceptors (Lipinski definition) is 6. The van der Waals surface area contributed by atoms with E-state index in [2.05, 4.69) is 42.1 Å². The number of H-pyrrole nitrogens is 2. The second-order valence-electron chi connectivity index (χ2n) is 9.99. The first kappa shape index (κ1) is 25.0. The van der Waals surface area contributed by atoms with Crippen LogP contribution in [0.5, 0.6) is 0 Å². The third-order valence-corrected chi connectivity index (χ3v) is 8.66. The van der Waals surface area contributed by atoms with Crippen LogP contribution in [0.2, 0.25) is 0 Å². The number of likely N-dealkylation sites (tertiary alicyclic amines) is 1. The van der Waals surface area contributed by atoms with E-state index >= 15 is 0 Å². The number of aromatic nitrogens is 4. The summed E-state index contributed by atoms with van der Waals surface area (Å²) in [5.41, 5.74) is -2.05. The van der Waals surface area contributed by atoms with E-state index in [1.807, 2.05) is 6.07 Å². The summed E-state index contributed by atoms with van der Waals surface area (Å²) in [5, 5.41) is 7.54. The lowest BCUT2D eigenvalue weighted by Gasteiger charge is -2.41. The van der Waals surface area contributed by atoms with Crippen molar-refractivity contribution < 1.29 is 21.6 Å². The summed E-state index contributed by atoms with van der Waals surface area (Å²) in [6.45, 7) is 4.42. The molecule has 0 spiro atoms. The fraction of sp³-hybridized carbons (Fsp3) is 0.440. The molecule has 0 unspecified atom stereocenters. The fourth-order valence-electron chi connectivity index (χ4n) is 5.55. The van der Waals surface area contributed by atoms with Crippen molar-refractivity contribution in [2.75, 3.05) is 35.8 Å². The first-order chi connectivity index (χ1) is 18.2. The Morgan fingerprint density at radius 3 is 2.45 bits per heavy atom. The first-order valence-electron chi connectivity index (χ1n) is 12.7. The molecular weight excluding hydrogens is 519 g/mol. The number of fused-ring (bicyclic) bond motifs is 2. The van der Waals surface area contributed by atoms with E-state index in [0.717, 1.165) is 42.7 Å². The summed E-state index contributed by atoms with van der Waals surface area (Å²) in [4.78, 5) is 12.9. The molecule has 9 nitrogen and oxygen atoms in total. The van der Waals surface area contributed by atoms with Crippen molar-refractivity contribution >= 4 is 43.3 Å². The van der Waals surface area contributed by atoms with Crippen LogP contribution in [0.4, 0.5) is 24.5 Å². The minimum atomic E-state index is -5.54. The summed E-state index contributed by atoms with van der Waals surface area (Å²) >= 11 is 0. The molecule has 0 radical (unpaired) electrons. The van der Waals surface area contributed by atoms with Crippen molar-refractivity contribution in [3.8, 4) is 11.5 Å². The highest BCUT2D eigenvalue weighted by Crippen LogP contribution is 2.32. The van der Waals surface area contributed by atoms with Crippen LogP contribution in [0, 0.1) is 0 Å². The molecule has 2 aromatic carbocycles. The van der Waals surface area contributed by atoms with Crippen molar-refractivity contribution in [2.45, 2.75) is 43.7 Å². The molecule has 2 fully saturated rings. The second-order valence-corrected chi connectivity index (χ2v) is 11.7. The van der Waals surface area contributed by atoms with E-state index in [1.165, 1.54) is 50.6 Å². The molecule has 2 aliphatic rings. The van der Waals surface area contributed by atoms with Crippen LogP contribution in [-0.2, 0) is 10.0 Å². The molecule has 0 atom stereocenters. The summed E-state index contributed by atoms with van der Waals surface area (Å²) in [5.74, 6) is 0.433. The third-order valence-electron chi connectivity index (χ3n) is 7.55. The maximum absolute atomic E-state index is 12.8. The molecule has 2 saturated heterocycles. The van der Waals surface area contributed by atoms with E-state index in [1.54, 1.807) is 4.72 Å². The van der Waals surface area contributed by atoms with Gasteiger partial charge in [0.25, 0.3) is 0 Å². The smallest absolute Gasteiger partial charge is 0.371 e. The van der Waals surface area contributed by atoms with Gasteiger partial charge < -0.3 is 14.8 Å². The van der Waals surface area contributed by atoms with Gasteiger partial charge >= 0.3 is 15.5 Å².